The molecule has 152 valence electrons. The Morgan fingerprint density at radius 3 is 2.41 bits per heavy atom. The molecule has 1 N–H and O–H groups in total. The first-order valence-electron chi connectivity index (χ1n) is 9.69. The number of sulfone groups is 1. The van der Waals surface area contributed by atoms with Crippen molar-refractivity contribution in [3.05, 3.63) is 29.8 Å². The molecule has 27 heavy (non-hydrogen) atoms. The van der Waals surface area contributed by atoms with E-state index < -0.39 is 9.84 Å². The molecule has 1 aromatic rings. The molecule has 2 rings (SSSR count). The second-order valence-electron chi connectivity index (χ2n) is 7.98. The summed E-state index contributed by atoms with van der Waals surface area (Å²) in [5, 5.41) is 3.92. The highest BCUT2D eigenvalue weighted by Crippen LogP contribution is 2.20. The molecule has 1 aromatic carbocycles. The van der Waals surface area contributed by atoms with Crippen molar-refractivity contribution in [2.45, 2.75) is 59.2 Å². The van der Waals surface area contributed by atoms with Gasteiger partial charge in [0.2, 0.25) is 0 Å². The van der Waals surface area contributed by atoms with Gasteiger partial charge in [-0.05, 0) is 71.0 Å². The van der Waals surface area contributed by atoms with Crippen molar-refractivity contribution in [2.24, 2.45) is 0 Å². The van der Waals surface area contributed by atoms with Crippen LogP contribution in [-0.4, -0.2) is 66.1 Å². The Labute approximate surface area is 170 Å². The first-order valence-corrected chi connectivity index (χ1v) is 11.9. The third-order valence-corrected chi connectivity index (χ3v) is 7.19. The monoisotopic (exact) mass is 411 g/mol. The van der Waals surface area contributed by atoms with Gasteiger partial charge in [-0.25, -0.2) is 8.42 Å². The summed E-state index contributed by atoms with van der Waals surface area (Å²) in [5.41, 5.74) is 2.10. The standard InChI is InChI=1S/C20H33N3O2S2/c1-15(2)22(16(3)4)10-11-23(19-9-12-27(24,25)14-19)20(26)21-18-8-6-7-17(5)13-18/h6-8,13,15-16,19H,9-12,14H2,1-5H3,(H,21,26)/t19-/m1/s1. The fraction of sp³-hybridized carbons (Fsp3) is 0.650. The number of benzene rings is 1. The van der Waals surface area contributed by atoms with Crippen molar-refractivity contribution >= 4 is 32.9 Å². The summed E-state index contributed by atoms with van der Waals surface area (Å²) in [7, 11) is -2.97. The maximum atomic E-state index is 12.0. The molecule has 0 aromatic heterocycles. The van der Waals surface area contributed by atoms with E-state index in [-0.39, 0.29) is 17.5 Å². The van der Waals surface area contributed by atoms with E-state index in [0.29, 0.717) is 30.2 Å². The van der Waals surface area contributed by atoms with Crippen molar-refractivity contribution in [3.63, 3.8) is 0 Å². The summed E-state index contributed by atoms with van der Waals surface area (Å²) in [6.07, 6.45) is 0.640. The number of nitrogens with zero attached hydrogens (tertiary/aromatic N) is 2. The molecule has 0 unspecified atom stereocenters. The molecule has 7 heteroatoms. The van der Waals surface area contributed by atoms with E-state index in [2.05, 4.69) is 42.8 Å². The second-order valence-corrected chi connectivity index (χ2v) is 10.6. The minimum Gasteiger partial charge on any atom is -0.344 e. The second kappa shape index (κ2) is 9.34. The average Bonchev–Trinajstić information content (AvgIpc) is 2.90. The normalized spacial score (nSPS) is 19.0. The number of anilines is 1. The molecule has 0 radical (unpaired) electrons. The van der Waals surface area contributed by atoms with E-state index >= 15 is 0 Å². The minimum atomic E-state index is -2.97. The number of nitrogens with one attached hydrogen (secondary N) is 1. The molecular weight excluding hydrogens is 378 g/mol. The van der Waals surface area contributed by atoms with Gasteiger partial charge < -0.3 is 10.2 Å². The molecule has 1 saturated heterocycles. The van der Waals surface area contributed by atoms with Crippen molar-refractivity contribution < 1.29 is 8.42 Å². The van der Waals surface area contributed by atoms with Gasteiger partial charge >= 0.3 is 0 Å². The van der Waals surface area contributed by atoms with Crippen LogP contribution in [0.4, 0.5) is 5.69 Å². The lowest BCUT2D eigenvalue weighted by Crippen LogP contribution is -2.49. The number of aryl methyl sites for hydroxylation is 1. The van der Waals surface area contributed by atoms with Crippen LogP contribution in [0.3, 0.4) is 0 Å². The fourth-order valence-electron chi connectivity index (χ4n) is 3.73. The SMILES string of the molecule is Cc1cccc(NC(=S)N(CCN(C(C)C)C(C)C)[C@@H]2CCS(=O)(=O)C2)c1. The van der Waals surface area contributed by atoms with Crippen molar-refractivity contribution in [2.75, 3.05) is 29.9 Å². The summed E-state index contributed by atoms with van der Waals surface area (Å²) < 4.78 is 24.0. The molecule has 1 aliphatic rings. The number of hydrogen-bond acceptors (Lipinski definition) is 4. The van der Waals surface area contributed by atoms with Gasteiger partial charge in [-0.15, -0.1) is 0 Å². The highest BCUT2D eigenvalue weighted by molar-refractivity contribution is 7.91. The Morgan fingerprint density at radius 1 is 1.22 bits per heavy atom. The maximum absolute atomic E-state index is 12.0. The third-order valence-electron chi connectivity index (χ3n) is 5.11. The highest BCUT2D eigenvalue weighted by Gasteiger charge is 2.33. The van der Waals surface area contributed by atoms with Crippen LogP contribution in [0.25, 0.3) is 0 Å². The summed E-state index contributed by atoms with van der Waals surface area (Å²) in [4.78, 5) is 4.49. The van der Waals surface area contributed by atoms with Gasteiger partial charge in [0.1, 0.15) is 0 Å². The van der Waals surface area contributed by atoms with Gasteiger partial charge in [-0.2, -0.15) is 0 Å². The lowest BCUT2D eigenvalue weighted by atomic mass is 10.2. The van der Waals surface area contributed by atoms with Crippen LogP contribution in [0.15, 0.2) is 24.3 Å². The minimum absolute atomic E-state index is 0.0546. The van der Waals surface area contributed by atoms with Gasteiger partial charge in [0, 0.05) is 36.9 Å². The summed E-state index contributed by atoms with van der Waals surface area (Å²) in [6, 6.07) is 8.86. The Morgan fingerprint density at radius 2 is 1.89 bits per heavy atom. The summed E-state index contributed by atoms with van der Waals surface area (Å²) in [5.74, 6) is 0.436. The molecule has 1 atom stereocenters. The summed E-state index contributed by atoms with van der Waals surface area (Å²) >= 11 is 5.70. The topological polar surface area (TPSA) is 52.6 Å². The number of hydrogen-bond donors (Lipinski definition) is 1. The molecule has 0 spiro atoms. The van der Waals surface area contributed by atoms with Crippen LogP contribution in [0, 0.1) is 6.92 Å². The van der Waals surface area contributed by atoms with Crippen LogP contribution in [-0.2, 0) is 9.84 Å². The lowest BCUT2D eigenvalue weighted by molar-refractivity contribution is 0.155. The lowest BCUT2D eigenvalue weighted by Gasteiger charge is -2.36. The van der Waals surface area contributed by atoms with Gasteiger partial charge in [-0.1, -0.05) is 12.1 Å². The Kier molecular flexibility index (Phi) is 7.65. The van der Waals surface area contributed by atoms with E-state index in [1.54, 1.807) is 0 Å². The Bertz CT molecular complexity index is 739. The Balaban J connectivity index is 2.15. The molecule has 5 nitrogen and oxygen atoms in total. The molecule has 1 aliphatic heterocycles. The van der Waals surface area contributed by atoms with Gasteiger partial charge in [0.05, 0.1) is 11.5 Å². The molecule has 0 amide bonds. The molecular formula is C20H33N3O2S2. The number of rotatable bonds is 7. The zero-order chi connectivity index (χ0) is 20.2. The van der Waals surface area contributed by atoms with E-state index in [1.165, 1.54) is 0 Å². The van der Waals surface area contributed by atoms with E-state index in [0.717, 1.165) is 17.8 Å². The van der Waals surface area contributed by atoms with Crippen LogP contribution < -0.4 is 5.32 Å². The van der Waals surface area contributed by atoms with E-state index in [9.17, 15) is 8.42 Å². The van der Waals surface area contributed by atoms with Gasteiger partial charge in [-0.3, -0.25) is 4.90 Å². The average molecular weight is 412 g/mol. The van der Waals surface area contributed by atoms with Crippen LogP contribution >= 0.6 is 12.2 Å². The Hall–Kier alpha value is -1.18. The molecule has 1 heterocycles. The predicted molar refractivity (Wildman–Crippen MR) is 118 cm³/mol. The highest BCUT2D eigenvalue weighted by atomic mass is 32.2. The van der Waals surface area contributed by atoms with Crippen molar-refractivity contribution in [3.8, 4) is 0 Å². The predicted octanol–water partition coefficient (Wildman–Crippen LogP) is 3.30. The largest absolute Gasteiger partial charge is 0.344 e. The first kappa shape index (κ1) is 22.1. The quantitative estimate of drug-likeness (QED) is 0.695. The molecule has 0 bridgehead atoms. The molecule has 0 saturated carbocycles. The number of thiocarbonyl (C=S) groups is 1. The molecule has 1 fully saturated rings. The van der Waals surface area contributed by atoms with Crippen molar-refractivity contribution in [1.29, 1.82) is 0 Å². The first-order chi connectivity index (χ1) is 12.6. The van der Waals surface area contributed by atoms with Crippen molar-refractivity contribution in [1.82, 2.24) is 9.80 Å². The van der Waals surface area contributed by atoms with Gasteiger partial charge in [0.15, 0.2) is 14.9 Å². The van der Waals surface area contributed by atoms with Crippen LogP contribution in [0.1, 0.15) is 39.7 Å². The third kappa shape index (κ3) is 6.43. The van der Waals surface area contributed by atoms with E-state index in [4.69, 9.17) is 12.2 Å². The maximum Gasteiger partial charge on any atom is 0.173 e. The zero-order valence-corrected chi connectivity index (χ0v) is 18.7. The fourth-order valence-corrected chi connectivity index (χ4v) is 5.81. The smallest absolute Gasteiger partial charge is 0.173 e. The van der Waals surface area contributed by atoms with Crippen LogP contribution in [0.5, 0.6) is 0 Å². The molecule has 0 aliphatic carbocycles. The van der Waals surface area contributed by atoms with Crippen LogP contribution in [0.2, 0.25) is 0 Å². The summed E-state index contributed by atoms with van der Waals surface area (Å²) in [6.45, 7) is 12.4. The zero-order valence-electron chi connectivity index (χ0n) is 17.1. The van der Waals surface area contributed by atoms with Gasteiger partial charge in [0.25, 0.3) is 0 Å². The van der Waals surface area contributed by atoms with E-state index in [1.807, 2.05) is 31.2 Å².